The Labute approximate surface area is 92.3 Å². The maximum atomic E-state index is 4.57. The summed E-state index contributed by atoms with van der Waals surface area (Å²) in [5, 5.41) is 2.08. The molecule has 0 bridgehead atoms. The lowest BCUT2D eigenvalue weighted by Crippen LogP contribution is -1.97. The zero-order valence-electron chi connectivity index (χ0n) is 8.40. The van der Waals surface area contributed by atoms with Gasteiger partial charge in [0.25, 0.3) is 0 Å². The molecule has 2 aromatic rings. The van der Waals surface area contributed by atoms with E-state index in [1.807, 2.05) is 12.3 Å². The van der Waals surface area contributed by atoms with E-state index < -0.39 is 0 Å². The molecule has 0 saturated carbocycles. The van der Waals surface area contributed by atoms with Crippen molar-refractivity contribution in [2.75, 3.05) is 0 Å². The summed E-state index contributed by atoms with van der Waals surface area (Å²) in [5.74, 6) is 0.901. The highest BCUT2D eigenvalue weighted by Gasteiger charge is 2.18. The van der Waals surface area contributed by atoms with Crippen LogP contribution in [0, 0.1) is 6.92 Å². The Bertz CT molecular complexity index is 527. The molecule has 0 atom stereocenters. The number of hydrogen-bond acceptors (Lipinski definition) is 3. The van der Waals surface area contributed by atoms with Crippen molar-refractivity contribution in [3.63, 3.8) is 0 Å². The lowest BCUT2D eigenvalue weighted by Gasteiger charge is -1.99. The maximum Gasteiger partial charge on any atom is 0.155 e. The standard InChI is InChI=1S/C12H10N2S/c1-8-4-5-13-12-9(8)7-10(14-12)11-3-2-6-15-11/h2-6H,7H2,1H3. The lowest BCUT2D eigenvalue weighted by atomic mass is 10.1. The third-order valence-corrected chi connectivity index (χ3v) is 3.58. The number of fused-ring (bicyclic) bond motifs is 1. The number of hydrogen-bond donors (Lipinski definition) is 0. The predicted molar refractivity (Wildman–Crippen MR) is 63.2 cm³/mol. The van der Waals surface area contributed by atoms with Gasteiger partial charge in [-0.1, -0.05) is 6.07 Å². The summed E-state index contributed by atoms with van der Waals surface area (Å²) in [6.45, 7) is 2.12. The Hall–Kier alpha value is -1.48. The Morgan fingerprint density at radius 2 is 2.27 bits per heavy atom. The first-order valence-corrected chi connectivity index (χ1v) is 5.78. The van der Waals surface area contributed by atoms with Crippen LogP contribution in [0.25, 0.3) is 0 Å². The molecule has 3 heterocycles. The molecule has 3 heteroatoms. The topological polar surface area (TPSA) is 25.2 Å². The van der Waals surface area contributed by atoms with Gasteiger partial charge in [0.1, 0.15) is 0 Å². The van der Waals surface area contributed by atoms with Gasteiger partial charge in [0.2, 0.25) is 0 Å². The van der Waals surface area contributed by atoms with Crippen LogP contribution in [0.3, 0.4) is 0 Å². The molecule has 0 N–H and O–H groups in total. The Morgan fingerprint density at radius 3 is 3.00 bits per heavy atom. The maximum absolute atomic E-state index is 4.57. The Balaban J connectivity index is 2.06. The number of thiophene rings is 1. The van der Waals surface area contributed by atoms with Gasteiger partial charge >= 0.3 is 0 Å². The minimum absolute atomic E-state index is 0.901. The van der Waals surface area contributed by atoms with Gasteiger partial charge in [0.05, 0.1) is 5.71 Å². The van der Waals surface area contributed by atoms with Gasteiger partial charge in [-0.25, -0.2) is 9.98 Å². The Kier molecular flexibility index (Phi) is 1.92. The lowest BCUT2D eigenvalue weighted by molar-refractivity contribution is 1.20. The fraction of sp³-hybridized carbons (Fsp3) is 0.167. The second kappa shape index (κ2) is 3.28. The average molecular weight is 214 g/mol. The smallest absolute Gasteiger partial charge is 0.155 e. The highest BCUT2D eigenvalue weighted by molar-refractivity contribution is 7.12. The third kappa shape index (κ3) is 1.39. The van der Waals surface area contributed by atoms with Crippen molar-refractivity contribution in [2.24, 2.45) is 4.99 Å². The van der Waals surface area contributed by atoms with E-state index in [1.165, 1.54) is 16.0 Å². The molecule has 0 aromatic carbocycles. The van der Waals surface area contributed by atoms with Gasteiger partial charge in [-0.15, -0.1) is 11.3 Å². The molecule has 2 nitrogen and oxygen atoms in total. The van der Waals surface area contributed by atoms with Gasteiger partial charge in [0, 0.05) is 23.1 Å². The van der Waals surface area contributed by atoms with E-state index in [9.17, 15) is 0 Å². The molecular formula is C12H10N2S. The minimum Gasteiger partial charge on any atom is -0.237 e. The summed E-state index contributed by atoms with van der Waals surface area (Å²) in [5.41, 5.74) is 3.72. The molecule has 74 valence electrons. The number of rotatable bonds is 1. The summed E-state index contributed by atoms with van der Waals surface area (Å²) in [6.07, 6.45) is 2.75. The van der Waals surface area contributed by atoms with Gasteiger partial charge in [-0.3, -0.25) is 0 Å². The zero-order valence-corrected chi connectivity index (χ0v) is 9.21. The molecule has 0 saturated heterocycles. The molecular weight excluding hydrogens is 204 g/mol. The minimum atomic E-state index is 0.901. The van der Waals surface area contributed by atoms with Gasteiger partial charge < -0.3 is 0 Å². The molecule has 0 radical (unpaired) electrons. The van der Waals surface area contributed by atoms with Crippen molar-refractivity contribution in [2.45, 2.75) is 13.3 Å². The fourth-order valence-corrected chi connectivity index (χ4v) is 2.52. The van der Waals surface area contributed by atoms with Crippen LogP contribution in [0.1, 0.15) is 16.0 Å². The second-order valence-corrected chi connectivity index (χ2v) is 4.59. The SMILES string of the molecule is Cc1ccnc2c1CC(c1cccs1)=N2. The van der Waals surface area contributed by atoms with Crippen molar-refractivity contribution in [1.29, 1.82) is 0 Å². The largest absolute Gasteiger partial charge is 0.237 e. The van der Waals surface area contributed by atoms with Crippen LogP contribution in [-0.2, 0) is 6.42 Å². The molecule has 0 fully saturated rings. The first-order valence-electron chi connectivity index (χ1n) is 4.90. The highest BCUT2D eigenvalue weighted by Crippen LogP contribution is 2.29. The van der Waals surface area contributed by atoms with Crippen molar-refractivity contribution >= 4 is 22.9 Å². The van der Waals surface area contributed by atoms with E-state index in [-0.39, 0.29) is 0 Å². The van der Waals surface area contributed by atoms with Crippen LogP contribution < -0.4 is 0 Å². The number of aryl methyl sites for hydroxylation is 1. The second-order valence-electron chi connectivity index (χ2n) is 3.64. The molecule has 0 unspecified atom stereocenters. The number of nitrogens with zero attached hydrogens (tertiary/aromatic N) is 2. The predicted octanol–water partition coefficient (Wildman–Crippen LogP) is 3.13. The van der Waals surface area contributed by atoms with E-state index in [4.69, 9.17) is 0 Å². The number of aromatic nitrogens is 1. The summed E-state index contributed by atoms with van der Waals surface area (Å²) in [6, 6.07) is 6.22. The van der Waals surface area contributed by atoms with Crippen LogP contribution in [0.15, 0.2) is 34.8 Å². The zero-order chi connectivity index (χ0) is 10.3. The first-order chi connectivity index (χ1) is 7.34. The number of aliphatic imine (C=N–C) groups is 1. The third-order valence-electron chi connectivity index (χ3n) is 2.66. The van der Waals surface area contributed by atoms with E-state index in [0.717, 1.165) is 18.0 Å². The average Bonchev–Trinajstić information content (AvgIpc) is 2.86. The molecule has 2 aromatic heterocycles. The Morgan fingerprint density at radius 1 is 1.33 bits per heavy atom. The molecule has 0 amide bonds. The van der Waals surface area contributed by atoms with Crippen LogP contribution in [0.2, 0.25) is 0 Å². The van der Waals surface area contributed by atoms with Crippen molar-refractivity contribution in [3.8, 4) is 0 Å². The van der Waals surface area contributed by atoms with E-state index >= 15 is 0 Å². The summed E-state index contributed by atoms with van der Waals surface area (Å²) < 4.78 is 0. The van der Waals surface area contributed by atoms with Crippen LogP contribution in [0.4, 0.5) is 5.82 Å². The van der Waals surface area contributed by atoms with Gasteiger partial charge in [-0.2, -0.15) is 0 Å². The van der Waals surface area contributed by atoms with Crippen LogP contribution >= 0.6 is 11.3 Å². The van der Waals surface area contributed by atoms with Crippen molar-refractivity contribution in [1.82, 2.24) is 4.98 Å². The van der Waals surface area contributed by atoms with E-state index in [1.54, 1.807) is 11.3 Å². The van der Waals surface area contributed by atoms with E-state index in [2.05, 4.69) is 34.4 Å². The van der Waals surface area contributed by atoms with Crippen LogP contribution in [-0.4, -0.2) is 10.7 Å². The fourth-order valence-electron chi connectivity index (χ4n) is 1.81. The first kappa shape index (κ1) is 8.80. The number of pyridine rings is 1. The summed E-state index contributed by atoms with van der Waals surface area (Å²) in [4.78, 5) is 10.1. The molecule has 1 aliphatic heterocycles. The quantitative estimate of drug-likeness (QED) is 0.716. The molecule has 0 aliphatic carbocycles. The molecule has 3 rings (SSSR count). The van der Waals surface area contributed by atoms with Gasteiger partial charge in [0.15, 0.2) is 5.82 Å². The van der Waals surface area contributed by atoms with Crippen molar-refractivity contribution < 1.29 is 0 Å². The molecule has 15 heavy (non-hydrogen) atoms. The van der Waals surface area contributed by atoms with E-state index in [0.29, 0.717) is 0 Å². The van der Waals surface area contributed by atoms with Crippen molar-refractivity contribution in [3.05, 3.63) is 45.8 Å². The monoisotopic (exact) mass is 214 g/mol. The normalized spacial score (nSPS) is 13.8. The summed E-state index contributed by atoms with van der Waals surface area (Å²) in [7, 11) is 0. The van der Waals surface area contributed by atoms with Crippen LogP contribution in [0.5, 0.6) is 0 Å². The molecule has 0 spiro atoms. The summed E-state index contributed by atoms with van der Waals surface area (Å²) >= 11 is 1.74. The molecule has 1 aliphatic rings. The highest BCUT2D eigenvalue weighted by atomic mass is 32.1. The van der Waals surface area contributed by atoms with Gasteiger partial charge in [-0.05, 0) is 30.0 Å².